The van der Waals surface area contributed by atoms with Gasteiger partial charge in [-0.3, -0.25) is 4.79 Å². The first-order chi connectivity index (χ1) is 11.5. The molecule has 0 aromatic heterocycles. The zero-order chi connectivity index (χ0) is 17.1. The average molecular weight is 370 g/mol. The molecule has 0 bridgehead atoms. The first-order valence-electron chi connectivity index (χ1n) is 8.67. The maximum Gasteiger partial charge on any atom is 0.227 e. The lowest BCUT2D eigenvalue weighted by molar-refractivity contribution is -0.135. The number of hydrogen-bond donors (Lipinski definition) is 0. The summed E-state index contributed by atoms with van der Waals surface area (Å²) in [6.45, 7) is 5.99. The molecular formula is C18H25Cl2N3O. The molecule has 0 radical (unpaired) electrons. The van der Waals surface area contributed by atoms with Crippen molar-refractivity contribution < 1.29 is 4.79 Å². The van der Waals surface area contributed by atoms with Crippen molar-refractivity contribution in [3.8, 4) is 0 Å². The highest BCUT2D eigenvalue weighted by molar-refractivity contribution is 6.42. The second-order valence-electron chi connectivity index (χ2n) is 6.94. The molecule has 132 valence electrons. The highest BCUT2D eigenvalue weighted by Gasteiger charge is 2.31. The molecule has 4 nitrogen and oxygen atoms in total. The predicted molar refractivity (Wildman–Crippen MR) is 98.8 cm³/mol. The minimum absolute atomic E-state index is 0.186. The van der Waals surface area contributed by atoms with Crippen molar-refractivity contribution >= 4 is 29.1 Å². The van der Waals surface area contributed by atoms with Gasteiger partial charge in [0, 0.05) is 26.2 Å². The molecule has 1 aromatic rings. The van der Waals surface area contributed by atoms with E-state index < -0.39 is 0 Å². The Labute approximate surface area is 154 Å². The summed E-state index contributed by atoms with van der Waals surface area (Å²) in [6.07, 6.45) is 2.94. The SMILES string of the molecule is CN1CCN(C(=O)Cc2ccc(Cl)c(Cl)c2)[C@@H](CN2CCCC2)C1. The number of halogens is 2. The number of piperazine rings is 1. The van der Waals surface area contributed by atoms with E-state index in [9.17, 15) is 4.79 Å². The maximum atomic E-state index is 12.9. The molecule has 1 aromatic carbocycles. The molecule has 24 heavy (non-hydrogen) atoms. The Bertz CT molecular complexity index is 590. The summed E-state index contributed by atoms with van der Waals surface area (Å²) in [7, 11) is 2.14. The Balaban J connectivity index is 1.66. The van der Waals surface area contributed by atoms with Crippen LogP contribution in [0.25, 0.3) is 0 Å². The molecule has 1 atom stereocenters. The number of likely N-dealkylation sites (N-methyl/N-ethyl adjacent to an activating group) is 1. The minimum atomic E-state index is 0.186. The van der Waals surface area contributed by atoms with Crippen LogP contribution in [0.2, 0.25) is 10.0 Å². The van der Waals surface area contributed by atoms with Crippen molar-refractivity contribution in [3.63, 3.8) is 0 Å². The molecule has 0 saturated carbocycles. The second-order valence-corrected chi connectivity index (χ2v) is 7.75. The molecule has 0 unspecified atom stereocenters. The van der Waals surface area contributed by atoms with Gasteiger partial charge in [0.05, 0.1) is 22.5 Å². The number of benzene rings is 1. The van der Waals surface area contributed by atoms with Gasteiger partial charge in [-0.2, -0.15) is 0 Å². The Morgan fingerprint density at radius 2 is 1.88 bits per heavy atom. The smallest absolute Gasteiger partial charge is 0.227 e. The summed E-state index contributed by atoms with van der Waals surface area (Å²) in [5, 5.41) is 1.04. The van der Waals surface area contributed by atoms with Crippen molar-refractivity contribution in [1.82, 2.24) is 14.7 Å². The van der Waals surface area contributed by atoms with Gasteiger partial charge < -0.3 is 14.7 Å². The van der Waals surface area contributed by atoms with E-state index in [4.69, 9.17) is 23.2 Å². The number of amides is 1. The normalized spacial score (nSPS) is 23.0. The van der Waals surface area contributed by atoms with Crippen molar-refractivity contribution in [2.24, 2.45) is 0 Å². The molecular weight excluding hydrogens is 345 g/mol. The highest BCUT2D eigenvalue weighted by Crippen LogP contribution is 2.23. The zero-order valence-corrected chi connectivity index (χ0v) is 15.7. The van der Waals surface area contributed by atoms with Crippen LogP contribution in [0.4, 0.5) is 0 Å². The molecule has 2 aliphatic rings. The molecule has 1 amide bonds. The molecule has 0 aliphatic carbocycles. The molecule has 0 spiro atoms. The lowest BCUT2D eigenvalue weighted by Crippen LogP contribution is -2.58. The quantitative estimate of drug-likeness (QED) is 0.816. The summed E-state index contributed by atoms with van der Waals surface area (Å²) < 4.78 is 0. The topological polar surface area (TPSA) is 26.8 Å². The van der Waals surface area contributed by atoms with E-state index in [1.165, 1.54) is 12.8 Å². The number of hydrogen-bond acceptors (Lipinski definition) is 3. The molecule has 2 aliphatic heterocycles. The number of likely N-dealkylation sites (tertiary alicyclic amines) is 1. The van der Waals surface area contributed by atoms with Crippen LogP contribution in [0.15, 0.2) is 18.2 Å². The summed E-state index contributed by atoms with van der Waals surface area (Å²) in [6, 6.07) is 5.72. The van der Waals surface area contributed by atoms with Gasteiger partial charge in [-0.05, 0) is 50.7 Å². The Kier molecular flexibility index (Phi) is 6.03. The van der Waals surface area contributed by atoms with E-state index in [-0.39, 0.29) is 11.9 Å². The fourth-order valence-corrected chi connectivity index (χ4v) is 4.00. The van der Waals surface area contributed by atoms with Crippen LogP contribution in [0.1, 0.15) is 18.4 Å². The first kappa shape index (κ1) is 18.0. The summed E-state index contributed by atoms with van der Waals surface area (Å²) in [4.78, 5) is 19.8. The second kappa shape index (κ2) is 8.05. The van der Waals surface area contributed by atoms with Crippen LogP contribution in [0.3, 0.4) is 0 Å². The van der Waals surface area contributed by atoms with E-state index in [1.54, 1.807) is 12.1 Å². The average Bonchev–Trinajstić information content (AvgIpc) is 3.04. The molecule has 2 heterocycles. The van der Waals surface area contributed by atoms with Gasteiger partial charge in [-0.25, -0.2) is 0 Å². The van der Waals surface area contributed by atoms with E-state index in [2.05, 4.69) is 21.7 Å². The Hall–Kier alpha value is -0.810. The lowest BCUT2D eigenvalue weighted by atomic mass is 10.1. The van der Waals surface area contributed by atoms with Crippen molar-refractivity contribution in [2.45, 2.75) is 25.3 Å². The van der Waals surface area contributed by atoms with E-state index in [0.717, 1.165) is 44.8 Å². The molecule has 6 heteroatoms. The number of nitrogens with zero attached hydrogens (tertiary/aromatic N) is 3. The van der Waals surface area contributed by atoms with Crippen LogP contribution < -0.4 is 0 Å². The number of rotatable bonds is 4. The monoisotopic (exact) mass is 369 g/mol. The fourth-order valence-electron chi connectivity index (χ4n) is 3.68. The van der Waals surface area contributed by atoms with Gasteiger partial charge in [0.15, 0.2) is 0 Å². The molecule has 2 saturated heterocycles. The molecule has 3 rings (SSSR count). The van der Waals surface area contributed by atoms with Gasteiger partial charge in [-0.15, -0.1) is 0 Å². The lowest BCUT2D eigenvalue weighted by Gasteiger charge is -2.41. The van der Waals surface area contributed by atoms with Gasteiger partial charge >= 0.3 is 0 Å². The van der Waals surface area contributed by atoms with E-state index >= 15 is 0 Å². The van der Waals surface area contributed by atoms with Gasteiger partial charge in [0.25, 0.3) is 0 Å². The van der Waals surface area contributed by atoms with Crippen LogP contribution in [-0.2, 0) is 11.2 Å². The highest BCUT2D eigenvalue weighted by atomic mass is 35.5. The minimum Gasteiger partial charge on any atom is -0.336 e. The van der Waals surface area contributed by atoms with Gasteiger partial charge in [0.2, 0.25) is 5.91 Å². The first-order valence-corrected chi connectivity index (χ1v) is 9.43. The third-order valence-electron chi connectivity index (χ3n) is 5.01. The molecule has 2 fully saturated rings. The summed E-state index contributed by atoms with van der Waals surface area (Å²) in [5.74, 6) is 0.186. The van der Waals surface area contributed by atoms with Crippen LogP contribution in [0, 0.1) is 0 Å². The zero-order valence-electron chi connectivity index (χ0n) is 14.2. The van der Waals surface area contributed by atoms with Crippen LogP contribution in [0.5, 0.6) is 0 Å². The molecule has 0 N–H and O–H groups in total. The Morgan fingerprint density at radius 1 is 1.12 bits per heavy atom. The number of carbonyl (C=O) groups is 1. The van der Waals surface area contributed by atoms with E-state index in [1.807, 2.05) is 6.07 Å². The van der Waals surface area contributed by atoms with Crippen LogP contribution in [-0.4, -0.2) is 73.0 Å². The fraction of sp³-hybridized carbons (Fsp3) is 0.611. The third-order valence-corrected chi connectivity index (χ3v) is 5.75. The largest absolute Gasteiger partial charge is 0.336 e. The van der Waals surface area contributed by atoms with Gasteiger partial charge in [0.1, 0.15) is 0 Å². The van der Waals surface area contributed by atoms with Crippen molar-refractivity contribution in [1.29, 1.82) is 0 Å². The summed E-state index contributed by atoms with van der Waals surface area (Å²) >= 11 is 12.0. The Morgan fingerprint density at radius 3 is 2.58 bits per heavy atom. The summed E-state index contributed by atoms with van der Waals surface area (Å²) in [5.41, 5.74) is 0.924. The third kappa shape index (κ3) is 4.42. The standard InChI is InChI=1S/C18H25Cl2N3O/c1-21-8-9-23(15(12-21)13-22-6-2-3-7-22)18(24)11-14-4-5-16(19)17(20)10-14/h4-5,10,15H,2-3,6-9,11-13H2,1H3/t15-/m1/s1. The maximum absolute atomic E-state index is 12.9. The predicted octanol–water partition coefficient (Wildman–Crippen LogP) is 2.77. The van der Waals surface area contributed by atoms with Crippen LogP contribution >= 0.6 is 23.2 Å². The van der Waals surface area contributed by atoms with Gasteiger partial charge in [-0.1, -0.05) is 29.3 Å². The number of carbonyl (C=O) groups excluding carboxylic acids is 1. The van der Waals surface area contributed by atoms with E-state index in [0.29, 0.717) is 16.5 Å². The van der Waals surface area contributed by atoms with Crippen molar-refractivity contribution in [3.05, 3.63) is 33.8 Å². The van der Waals surface area contributed by atoms with Crippen molar-refractivity contribution in [2.75, 3.05) is 46.3 Å².